The highest BCUT2D eigenvalue weighted by Crippen LogP contribution is 2.08. The molecule has 88 valence electrons. The van der Waals surface area contributed by atoms with Crippen LogP contribution in [0.5, 0.6) is 0 Å². The van der Waals surface area contributed by atoms with E-state index in [1.54, 1.807) is 0 Å². The van der Waals surface area contributed by atoms with E-state index in [0.717, 1.165) is 12.8 Å². The normalized spacial score (nSPS) is 12.0. The van der Waals surface area contributed by atoms with Crippen LogP contribution in [0.2, 0.25) is 0 Å². The summed E-state index contributed by atoms with van der Waals surface area (Å²) in [5.41, 5.74) is -0.386. The van der Waals surface area contributed by atoms with Crippen molar-refractivity contribution in [2.45, 2.75) is 52.1 Å². The number of carbonyl (C=O) groups excluding carboxylic acids is 1. The van der Waals surface area contributed by atoms with Crippen molar-refractivity contribution in [3.8, 4) is 0 Å². The number of halogens is 1. The Morgan fingerprint density at radius 3 is 2.47 bits per heavy atom. The molecule has 0 saturated carbocycles. The lowest BCUT2D eigenvalue weighted by atomic mass is 10.2. The van der Waals surface area contributed by atoms with Gasteiger partial charge in [-0.3, -0.25) is 0 Å². The zero-order valence-corrected chi connectivity index (χ0v) is 12.0. The highest BCUT2D eigenvalue weighted by atomic mass is 127. The van der Waals surface area contributed by atoms with Gasteiger partial charge in [-0.25, -0.2) is 4.79 Å². The molecule has 0 N–H and O–H groups in total. The smallest absolute Gasteiger partial charge is 0.330 e. The first kappa shape index (κ1) is 14.9. The van der Waals surface area contributed by atoms with E-state index < -0.39 is 0 Å². The van der Waals surface area contributed by atoms with E-state index in [9.17, 15) is 4.79 Å². The summed E-state index contributed by atoms with van der Waals surface area (Å²) in [5, 5.41) is 0. The Kier molecular flexibility index (Phi) is 8.10. The monoisotopic (exact) mass is 324 g/mol. The Hall–Kier alpha value is -0.0600. The standard InChI is InChI=1S/C12H21IO2/c1-12(2,3)15-11(14)9-7-5-4-6-8-10-13/h7,9H,4-6,8,10H2,1-3H3/b9-7+. The summed E-state index contributed by atoms with van der Waals surface area (Å²) in [4.78, 5) is 11.2. The molecule has 0 aromatic rings. The molecular formula is C12H21IO2. The zero-order valence-electron chi connectivity index (χ0n) is 9.88. The molecule has 0 spiro atoms. The molecule has 0 fully saturated rings. The summed E-state index contributed by atoms with van der Waals surface area (Å²) in [7, 11) is 0. The fourth-order valence-corrected chi connectivity index (χ4v) is 1.59. The summed E-state index contributed by atoms with van der Waals surface area (Å²) in [6, 6.07) is 0. The Labute approximate surface area is 107 Å². The molecule has 0 bridgehead atoms. The number of esters is 1. The quantitative estimate of drug-likeness (QED) is 0.244. The van der Waals surface area contributed by atoms with Crippen LogP contribution in [0.25, 0.3) is 0 Å². The number of alkyl halides is 1. The van der Waals surface area contributed by atoms with Gasteiger partial charge < -0.3 is 4.74 Å². The highest BCUT2D eigenvalue weighted by Gasteiger charge is 2.13. The fraction of sp³-hybridized carbons (Fsp3) is 0.750. The maximum absolute atomic E-state index is 11.2. The van der Waals surface area contributed by atoms with Gasteiger partial charge in [-0.2, -0.15) is 0 Å². The molecule has 0 atom stereocenters. The van der Waals surface area contributed by atoms with Gasteiger partial charge in [-0.1, -0.05) is 35.1 Å². The third kappa shape index (κ3) is 11.9. The fourth-order valence-electron chi connectivity index (χ4n) is 1.05. The number of hydrogen-bond acceptors (Lipinski definition) is 2. The van der Waals surface area contributed by atoms with Gasteiger partial charge in [0.1, 0.15) is 5.60 Å². The summed E-state index contributed by atoms with van der Waals surface area (Å²) in [6.45, 7) is 5.62. The molecule has 0 aliphatic heterocycles. The van der Waals surface area contributed by atoms with Crippen LogP contribution in [0.3, 0.4) is 0 Å². The molecule has 0 rings (SSSR count). The molecule has 0 amide bonds. The van der Waals surface area contributed by atoms with Crippen molar-refractivity contribution in [2.75, 3.05) is 4.43 Å². The van der Waals surface area contributed by atoms with E-state index >= 15 is 0 Å². The van der Waals surface area contributed by atoms with Gasteiger partial charge in [-0.15, -0.1) is 0 Å². The number of carbonyl (C=O) groups is 1. The van der Waals surface area contributed by atoms with Crippen molar-refractivity contribution in [3.63, 3.8) is 0 Å². The van der Waals surface area contributed by atoms with E-state index in [4.69, 9.17) is 4.74 Å². The van der Waals surface area contributed by atoms with Crippen molar-refractivity contribution in [3.05, 3.63) is 12.2 Å². The largest absolute Gasteiger partial charge is 0.457 e. The number of unbranched alkanes of at least 4 members (excludes halogenated alkanes) is 3. The van der Waals surface area contributed by atoms with Crippen LogP contribution in [0.15, 0.2) is 12.2 Å². The van der Waals surface area contributed by atoms with Gasteiger partial charge in [0.05, 0.1) is 0 Å². The molecule has 15 heavy (non-hydrogen) atoms. The summed E-state index contributed by atoms with van der Waals surface area (Å²) in [5.74, 6) is -0.239. The van der Waals surface area contributed by atoms with Crippen LogP contribution >= 0.6 is 22.6 Å². The number of rotatable bonds is 6. The second-order valence-electron chi connectivity index (χ2n) is 4.47. The van der Waals surface area contributed by atoms with E-state index in [-0.39, 0.29) is 11.6 Å². The number of allylic oxidation sites excluding steroid dienone is 1. The van der Waals surface area contributed by atoms with Gasteiger partial charge in [0.25, 0.3) is 0 Å². The van der Waals surface area contributed by atoms with Crippen molar-refractivity contribution in [1.82, 2.24) is 0 Å². The minimum atomic E-state index is -0.386. The Bertz CT molecular complexity index is 204. The summed E-state index contributed by atoms with van der Waals surface area (Å²) < 4.78 is 6.35. The molecule has 0 radical (unpaired) electrons. The molecule has 0 unspecified atom stereocenters. The molecule has 0 aromatic carbocycles. The van der Waals surface area contributed by atoms with Crippen molar-refractivity contribution in [2.24, 2.45) is 0 Å². The van der Waals surface area contributed by atoms with Gasteiger partial charge in [0.15, 0.2) is 0 Å². The minimum Gasteiger partial charge on any atom is -0.457 e. The third-order valence-corrected chi connectivity index (χ3v) is 2.43. The van der Waals surface area contributed by atoms with E-state index in [2.05, 4.69) is 22.6 Å². The Morgan fingerprint density at radius 2 is 1.93 bits per heavy atom. The highest BCUT2D eigenvalue weighted by molar-refractivity contribution is 14.1. The molecule has 2 nitrogen and oxygen atoms in total. The van der Waals surface area contributed by atoms with Gasteiger partial charge >= 0.3 is 5.97 Å². The molecule has 0 aliphatic carbocycles. The van der Waals surface area contributed by atoms with E-state index in [0.29, 0.717) is 0 Å². The number of hydrogen-bond donors (Lipinski definition) is 0. The molecular weight excluding hydrogens is 303 g/mol. The van der Waals surface area contributed by atoms with Crippen LogP contribution in [0.4, 0.5) is 0 Å². The average Bonchev–Trinajstić information content (AvgIpc) is 2.08. The first-order chi connectivity index (χ1) is 6.95. The van der Waals surface area contributed by atoms with Crippen molar-refractivity contribution in [1.29, 1.82) is 0 Å². The van der Waals surface area contributed by atoms with Crippen LogP contribution in [-0.2, 0) is 9.53 Å². The second-order valence-corrected chi connectivity index (χ2v) is 5.55. The van der Waals surface area contributed by atoms with Crippen LogP contribution in [0.1, 0.15) is 46.5 Å². The Morgan fingerprint density at radius 1 is 1.27 bits per heavy atom. The Balaban J connectivity index is 3.55. The first-order valence-electron chi connectivity index (χ1n) is 5.41. The molecule has 0 saturated heterocycles. The van der Waals surface area contributed by atoms with Crippen LogP contribution in [-0.4, -0.2) is 16.0 Å². The maximum atomic E-state index is 11.2. The number of ether oxygens (including phenoxy) is 1. The lowest BCUT2D eigenvalue weighted by Gasteiger charge is -2.17. The van der Waals surface area contributed by atoms with Crippen LogP contribution in [0, 0.1) is 0 Å². The predicted octanol–water partition coefficient (Wildman–Crippen LogP) is 3.88. The first-order valence-corrected chi connectivity index (χ1v) is 6.94. The van der Waals surface area contributed by atoms with Gasteiger partial charge in [-0.05, 0) is 44.5 Å². The molecule has 0 heterocycles. The maximum Gasteiger partial charge on any atom is 0.330 e. The molecule has 0 aromatic heterocycles. The molecule has 0 aliphatic rings. The lowest BCUT2D eigenvalue weighted by molar-refractivity contribution is -0.148. The predicted molar refractivity (Wildman–Crippen MR) is 72.3 cm³/mol. The SMILES string of the molecule is CC(C)(C)OC(=O)/C=C/CCCCCI. The zero-order chi connectivity index (χ0) is 11.7. The third-order valence-electron chi connectivity index (χ3n) is 1.67. The van der Waals surface area contributed by atoms with Crippen molar-refractivity contribution < 1.29 is 9.53 Å². The summed E-state index contributed by atoms with van der Waals surface area (Å²) >= 11 is 2.38. The second kappa shape index (κ2) is 8.13. The van der Waals surface area contributed by atoms with E-state index in [1.807, 2.05) is 26.8 Å². The average molecular weight is 324 g/mol. The van der Waals surface area contributed by atoms with Crippen LogP contribution < -0.4 is 0 Å². The topological polar surface area (TPSA) is 26.3 Å². The lowest BCUT2D eigenvalue weighted by Crippen LogP contribution is -2.22. The van der Waals surface area contributed by atoms with Gasteiger partial charge in [0.2, 0.25) is 0 Å². The van der Waals surface area contributed by atoms with E-state index in [1.165, 1.54) is 23.3 Å². The van der Waals surface area contributed by atoms with Gasteiger partial charge in [0, 0.05) is 6.08 Å². The van der Waals surface area contributed by atoms with Crippen molar-refractivity contribution >= 4 is 28.6 Å². The molecule has 3 heteroatoms. The summed E-state index contributed by atoms with van der Waals surface area (Å²) in [6.07, 6.45) is 8.07. The minimum absolute atomic E-state index is 0.239.